The number of nitrogens with one attached hydrogen (secondary N) is 1. The molecule has 2 aliphatic rings. The second-order valence-corrected chi connectivity index (χ2v) is 9.20. The number of hydrogen-bond donors (Lipinski definition) is 1. The molecular weight excluding hydrogens is 450 g/mol. The van der Waals surface area contributed by atoms with E-state index in [1.807, 2.05) is 11.0 Å². The Morgan fingerprint density at radius 3 is 2.62 bits per heavy atom. The van der Waals surface area contributed by atoms with E-state index in [-0.39, 0.29) is 24.4 Å². The molecule has 0 saturated carbocycles. The van der Waals surface area contributed by atoms with Crippen LogP contribution in [0.5, 0.6) is 11.5 Å². The third-order valence-corrected chi connectivity index (χ3v) is 7.06. The lowest BCUT2D eigenvalue weighted by Crippen LogP contribution is -2.38. The van der Waals surface area contributed by atoms with Crippen molar-refractivity contribution in [1.82, 2.24) is 9.88 Å². The Bertz CT molecular complexity index is 1180. The molecule has 34 heavy (non-hydrogen) atoms. The van der Waals surface area contributed by atoms with Crippen molar-refractivity contribution in [3.63, 3.8) is 0 Å². The van der Waals surface area contributed by atoms with E-state index in [9.17, 15) is 9.59 Å². The summed E-state index contributed by atoms with van der Waals surface area (Å²) < 4.78 is 10.6. The van der Waals surface area contributed by atoms with Crippen molar-refractivity contribution in [3.05, 3.63) is 78.0 Å². The number of fused-ring (bicyclic) bond motifs is 1. The highest BCUT2D eigenvalue weighted by atomic mass is 32.2. The van der Waals surface area contributed by atoms with Crippen LogP contribution in [0, 0.1) is 0 Å². The van der Waals surface area contributed by atoms with Gasteiger partial charge in [-0.25, -0.2) is 4.98 Å². The molecule has 0 spiro atoms. The molecule has 0 atom stereocenters. The molecule has 3 heterocycles. The normalized spacial score (nSPS) is 15.2. The van der Waals surface area contributed by atoms with Crippen molar-refractivity contribution in [2.45, 2.75) is 23.8 Å². The minimum atomic E-state index is -0.184. The summed E-state index contributed by atoms with van der Waals surface area (Å²) in [4.78, 5) is 32.0. The van der Waals surface area contributed by atoms with Crippen LogP contribution in [0.1, 0.15) is 34.7 Å². The number of hydrogen-bond acceptors (Lipinski definition) is 6. The van der Waals surface area contributed by atoms with E-state index in [2.05, 4.69) is 34.6 Å². The maximum atomic E-state index is 13.3. The average molecular weight is 476 g/mol. The van der Waals surface area contributed by atoms with Gasteiger partial charge in [0.1, 0.15) is 5.03 Å². The van der Waals surface area contributed by atoms with Crippen molar-refractivity contribution in [2.24, 2.45) is 0 Å². The summed E-state index contributed by atoms with van der Waals surface area (Å²) in [7, 11) is 0. The zero-order chi connectivity index (χ0) is 23.3. The molecule has 0 aliphatic carbocycles. The van der Waals surface area contributed by atoms with Gasteiger partial charge in [-0.15, -0.1) is 0 Å². The first-order valence-electron chi connectivity index (χ1n) is 11.3. The predicted molar refractivity (Wildman–Crippen MR) is 130 cm³/mol. The maximum Gasteiger partial charge on any atom is 0.256 e. The maximum absolute atomic E-state index is 13.3. The monoisotopic (exact) mass is 475 g/mol. The second-order valence-electron chi connectivity index (χ2n) is 8.24. The number of anilines is 1. The zero-order valence-corrected chi connectivity index (χ0v) is 19.4. The number of carbonyl (C=O) groups excluding carboxylic acids is 2. The van der Waals surface area contributed by atoms with Crippen LogP contribution >= 0.6 is 11.8 Å². The lowest BCUT2D eigenvalue weighted by Gasteiger charge is -2.32. The van der Waals surface area contributed by atoms with Gasteiger partial charge < -0.3 is 19.7 Å². The minimum absolute atomic E-state index is 0.0294. The number of thioether (sulfide) groups is 1. The van der Waals surface area contributed by atoms with Gasteiger partial charge in [-0.1, -0.05) is 42.1 Å². The van der Waals surface area contributed by atoms with Crippen molar-refractivity contribution in [2.75, 3.05) is 31.0 Å². The molecule has 2 amide bonds. The van der Waals surface area contributed by atoms with Crippen LogP contribution in [-0.4, -0.2) is 47.3 Å². The Morgan fingerprint density at radius 1 is 1.00 bits per heavy atom. The highest BCUT2D eigenvalue weighted by molar-refractivity contribution is 8.00. The number of pyridine rings is 1. The van der Waals surface area contributed by atoms with Gasteiger partial charge in [0.05, 0.1) is 11.3 Å². The fourth-order valence-corrected chi connectivity index (χ4v) is 5.07. The van der Waals surface area contributed by atoms with Gasteiger partial charge in [0, 0.05) is 31.0 Å². The van der Waals surface area contributed by atoms with Crippen molar-refractivity contribution in [3.8, 4) is 11.5 Å². The number of piperidine rings is 1. The van der Waals surface area contributed by atoms with Gasteiger partial charge in [0.25, 0.3) is 5.91 Å². The minimum Gasteiger partial charge on any atom is -0.454 e. The van der Waals surface area contributed by atoms with Gasteiger partial charge in [-0.3, -0.25) is 9.59 Å². The number of rotatable bonds is 6. The Morgan fingerprint density at radius 2 is 1.79 bits per heavy atom. The first kappa shape index (κ1) is 22.3. The molecule has 0 unspecified atom stereocenters. The summed E-state index contributed by atoms with van der Waals surface area (Å²) >= 11 is 1.26. The molecule has 8 heteroatoms. The summed E-state index contributed by atoms with van der Waals surface area (Å²) in [5.41, 5.74) is 2.51. The molecule has 1 aromatic heterocycles. The molecule has 174 valence electrons. The SMILES string of the molecule is O=C(CSc1ncccc1C(=O)N1CCC(c2ccccc2)CC1)Nc1ccc2c(c1)OCO2. The van der Waals surface area contributed by atoms with E-state index >= 15 is 0 Å². The molecule has 0 bridgehead atoms. The van der Waals surface area contributed by atoms with E-state index < -0.39 is 0 Å². The number of aromatic nitrogens is 1. The van der Waals surface area contributed by atoms with Gasteiger partial charge in [-0.2, -0.15) is 0 Å². The van der Waals surface area contributed by atoms with Crippen LogP contribution in [-0.2, 0) is 4.79 Å². The van der Waals surface area contributed by atoms with Gasteiger partial charge >= 0.3 is 0 Å². The van der Waals surface area contributed by atoms with Crippen molar-refractivity contribution in [1.29, 1.82) is 0 Å². The fourth-order valence-electron chi connectivity index (χ4n) is 4.29. The number of likely N-dealkylation sites (tertiary alicyclic amines) is 1. The standard InChI is InChI=1S/C26H25N3O4S/c30-24(28-20-8-9-22-23(15-20)33-17-32-22)16-34-25-21(7-4-12-27-25)26(31)29-13-10-19(11-14-29)18-5-2-1-3-6-18/h1-9,12,15,19H,10-11,13-14,16-17H2,(H,28,30). The number of nitrogens with zero attached hydrogens (tertiary/aromatic N) is 2. The third-order valence-electron chi connectivity index (χ3n) is 6.05. The van der Waals surface area contributed by atoms with Crippen molar-refractivity contribution < 1.29 is 19.1 Å². The molecule has 2 aliphatic heterocycles. The van der Waals surface area contributed by atoms with Gasteiger partial charge in [0.2, 0.25) is 12.7 Å². The molecule has 1 N–H and O–H groups in total. The molecule has 1 fully saturated rings. The number of benzene rings is 2. The van der Waals surface area contributed by atoms with Crippen LogP contribution in [0.25, 0.3) is 0 Å². The fraction of sp³-hybridized carbons (Fsp3) is 0.269. The lowest BCUT2D eigenvalue weighted by atomic mass is 9.89. The molecule has 0 radical (unpaired) electrons. The second kappa shape index (κ2) is 10.2. The highest BCUT2D eigenvalue weighted by Gasteiger charge is 2.26. The zero-order valence-electron chi connectivity index (χ0n) is 18.6. The largest absolute Gasteiger partial charge is 0.454 e. The third kappa shape index (κ3) is 5.02. The summed E-state index contributed by atoms with van der Waals surface area (Å²) in [5, 5.41) is 3.42. The quantitative estimate of drug-likeness (QED) is 0.527. The van der Waals surface area contributed by atoms with E-state index in [1.54, 1.807) is 36.5 Å². The average Bonchev–Trinajstić information content (AvgIpc) is 3.36. The molecule has 5 rings (SSSR count). The molecule has 1 saturated heterocycles. The first-order valence-corrected chi connectivity index (χ1v) is 12.3. The smallest absolute Gasteiger partial charge is 0.256 e. The van der Waals surface area contributed by atoms with E-state index in [1.165, 1.54) is 17.3 Å². The van der Waals surface area contributed by atoms with Gasteiger partial charge in [0.15, 0.2) is 11.5 Å². The van der Waals surface area contributed by atoms with Crippen molar-refractivity contribution >= 4 is 29.3 Å². The Hall–Kier alpha value is -3.52. The molecular formula is C26H25N3O4S. The number of ether oxygens (including phenoxy) is 2. The number of amides is 2. The first-order chi connectivity index (χ1) is 16.7. The predicted octanol–water partition coefficient (Wildman–Crippen LogP) is 4.56. The summed E-state index contributed by atoms with van der Waals surface area (Å²) in [5.74, 6) is 1.68. The van der Waals surface area contributed by atoms with Crippen LogP contribution < -0.4 is 14.8 Å². The Labute approximate surface area is 202 Å². The lowest BCUT2D eigenvalue weighted by molar-refractivity contribution is -0.113. The summed E-state index contributed by atoms with van der Waals surface area (Å²) in [6, 6.07) is 19.3. The number of carbonyl (C=O) groups is 2. The van der Waals surface area contributed by atoms with Crippen LogP contribution in [0.15, 0.2) is 71.9 Å². The van der Waals surface area contributed by atoms with E-state index in [0.717, 1.165) is 12.8 Å². The molecule has 7 nitrogen and oxygen atoms in total. The van der Waals surface area contributed by atoms with Gasteiger partial charge in [-0.05, 0) is 48.6 Å². The van der Waals surface area contributed by atoms with Crippen LogP contribution in [0.3, 0.4) is 0 Å². The van der Waals surface area contributed by atoms with Crippen LogP contribution in [0.2, 0.25) is 0 Å². The Balaban J connectivity index is 1.18. The Kier molecular flexibility index (Phi) is 6.67. The van der Waals surface area contributed by atoms with Crippen LogP contribution in [0.4, 0.5) is 5.69 Å². The topological polar surface area (TPSA) is 80.8 Å². The highest BCUT2D eigenvalue weighted by Crippen LogP contribution is 2.34. The molecule has 2 aromatic carbocycles. The van der Waals surface area contributed by atoms with E-state index in [0.29, 0.717) is 46.8 Å². The summed E-state index contributed by atoms with van der Waals surface area (Å²) in [6.45, 7) is 1.60. The molecule has 3 aromatic rings. The summed E-state index contributed by atoms with van der Waals surface area (Å²) in [6.07, 6.45) is 3.53. The van der Waals surface area contributed by atoms with E-state index in [4.69, 9.17) is 9.47 Å².